The number of methoxy groups -OCH3 is 1. The molecule has 2 heterocycles. The minimum Gasteiger partial charge on any atom is -0.497 e. The van der Waals surface area contributed by atoms with Crippen molar-refractivity contribution < 1.29 is 13.9 Å². The maximum absolute atomic E-state index is 13.2. The average Bonchev–Trinajstić information content (AvgIpc) is 2.83. The summed E-state index contributed by atoms with van der Waals surface area (Å²) in [4.78, 5) is 20.0. The molecule has 0 aromatic heterocycles. The number of likely N-dealkylation sites (tertiary alicyclic amines) is 1. The fourth-order valence-electron chi connectivity index (χ4n) is 4.68. The molecule has 1 atom stereocenters. The minimum atomic E-state index is -0.191. The van der Waals surface area contributed by atoms with Crippen LogP contribution in [0.1, 0.15) is 36.0 Å². The van der Waals surface area contributed by atoms with E-state index < -0.39 is 0 Å². The Kier molecular flexibility index (Phi) is 10.7. The molecule has 2 aromatic carbocycles. The molecule has 182 valence electrons. The van der Waals surface area contributed by atoms with E-state index in [-0.39, 0.29) is 36.5 Å². The van der Waals surface area contributed by atoms with E-state index in [0.717, 1.165) is 75.5 Å². The Morgan fingerprint density at radius 2 is 1.61 bits per heavy atom. The van der Waals surface area contributed by atoms with Crippen molar-refractivity contribution in [3.05, 3.63) is 59.9 Å². The highest BCUT2D eigenvalue weighted by Gasteiger charge is 2.28. The predicted molar refractivity (Wildman–Crippen MR) is 136 cm³/mol. The van der Waals surface area contributed by atoms with Gasteiger partial charge in [0.2, 0.25) is 0 Å². The van der Waals surface area contributed by atoms with E-state index in [2.05, 4.69) is 14.7 Å². The number of piperazine rings is 1. The monoisotopic (exact) mass is 497 g/mol. The van der Waals surface area contributed by atoms with Gasteiger partial charge in [0.15, 0.2) is 0 Å². The largest absolute Gasteiger partial charge is 0.497 e. The highest BCUT2D eigenvalue weighted by atomic mass is 35.5. The van der Waals surface area contributed by atoms with Crippen molar-refractivity contribution in [3.63, 3.8) is 0 Å². The molecule has 2 fully saturated rings. The molecule has 0 saturated carbocycles. The number of carbonyl (C=O) groups excluding carboxylic acids is 1. The van der Waals surface area contributed by atoms with Crippen LogP contribution in [-0.4, -0.2) is 68.1 Å². The van der Waals surface area contributed by atoms with Gasteiger partial charge < -0.3 is 14.5 Å². The van der Waals surface area contributed by atoms with Crippen LogP contribution in [0.2, 0.25) is 0 Å². The second-order valence-corrected chi connectivity index (χ2v) is 8.47. The molecule has 8 heteroatoms. The van der Waals surface area contributed by atoms with Crippen molar-refractivity contribution in [2.75, 3.05) is 51.3 Å². The first-order chi connectivity index (χ1) is 15.1. The van der Waals surface area contributed by atoms with Crippen LogP contribution in [-0.2, 0) is 0 Å². The molecule has 2 aliphatic rings. The first-order valence-corrected chi connectivity index (χ1v) is 11.3. The van der Waals surface area contributed by atoms with E-state index in [1.807, 2.05) is 36.4 Å². The number of carbonyl (C=O) groups is 1. The maximum atomic E-state index is 13.2. The summed E-state index contributed by atoms with van der Waals surface area (Å²) in [6.07, 6.45) is 4.36. The Balaban J connectivity index is 0.00000193. The summed E-state index contributed by atoms with van der Waals surface area (Å²) in [5, 5.41) is 0. The molecular formula is C25H34Cl2FN3O2. The molecule has 0 radical (unpaired) electrons. The molecule has 0 aliphatic carbocycles. The molecule has 2 aromatic rings. The molecule has 0 N–H and O–H groups in total. The third-order valence-electron chi connectivity index (χ3n) is 6.57. The first kappa shape index (κ1) is 27.2. The summed E-state index contributed by atoms with van der Waals surface area (Å²) < 4.78 is 18.4. The lowest BCUT2D eigenvalue weighted by Gasteiger charge is -2.39. The maximum Gasteiger partial charge on any atom is 0.254 e. The number of benzene rings is 2. The first-order valence-electron chi connectivity index (χ1n) is 11.3. The highest BCUT2D eigenvalue weighted by molar-refractivity contribution is 5.94. The molecule has 1 unspecified atom stereocenters. The summed E-state index contributed by atoms with van der Waals surface area (Å²) >= 11 is 0. The third-order valence-corrected chi connectivity index (χ3v) is 6.57. The number of hydrogen-bond acceptors (Lipinski definition) is 4. The molecule has 0 spiro atoms. The summed E-state index contributed by atoms with van der Waals surface area (Å²) in [6.45, 7) is 5.74. The summed E-state index contributed by atoms with van der Waals surface area (Å²) in [6, 6.07) is 14.5. The van der Waals surface area contributed by atoms with Gasteiger partial charge in [-0.15, -0.1) is 24.8 Å². The fraction of sp³-hybridized carbons (Fsp3) is 0.480. The Labute approximate surface area is 208 Å². The number of anilines is 1. The lowest BCUT2D eigenvalue weighted by Crippen LogP contribution is -2.49. The van der Waals surface area contributed by atoms with E-state index in [9.17, 15) is 9.18 Å². The smallest absolute Gasteiger partial charge is 0.254 e. The standard InChI is InChI=1S/C25H32FN3O2.2ClH/c1-31-24-11-5-20(6-12-24)25(30)29-14-3-2-4-23(29)13-15-27-16-18-28(19-17-27)22-9-7-21(26)8-10-22;;/h5-12,23H,2-4,13-19H2,1H3;2*1H. The second-order valence-electron chi connectivity index (χ2n) is 8.47. The van der Waals surface area contributed by atoms with Crippen LogP contribution in [0.15, 0.2) is 48.5 Å². The van der Waals surface area contributed by atoms with Gasteiger partial charge in [-0.1, -0.05) is 0 Å². The van der Waals surface area contributed by atoms with Gasteiger partial charge in [0, 0.05) is 56.6 Å². The van der Waals surface area contributed by atoms with Gasteiger partial charge >= 0.3 is 0 Å². The fourth-order valence-corrected chi connectivity index (χ4v) is 4.68. The molecule has 2 aliphatic heterocycles. The van der Waals surface area contributed by atoms with Gasteiger partial charge in [0.1, 0.15) is 11.6 Å². The van der Waals surface area contributed by atoms with Crippen LogP contribution >= 0.6 is 24.8 Å². The summed E-state index contributed by atoms with van der Waals surface area (Å²) in [5.41, 5.74) is 1.82. The van der Waals surface area contributed by atoms with Crippen LogP contribution in [0.3, 0.4) is 0 Å². The molecular weight excluding hydrogens is 464 g/mol. The van der Waals surface area contributed by atoms with E-state index in [1.165, 1.54) is 18.6 Å². The van der Waals surface area contributed by atoms with Gasteiger partial charge in [0.25, 0.3) is 5.91 Å². The average molecular weight is 498 g/mol. The van der Waals surface area contributed by atoms with Gasteiger partial charge in [0.05, 0.1) is 7.11 Å². The van der Waals surface area contributed by atoms with E-state index in [1.54, 1.807) is 7.11 Å². The number of nitrogens with zero attached hydrogens (tertiary/aromatic N) is 3. The molecule has 4 rings (SSSR count). The topological polar surface area (TPSA) is 36.0 Å². The molecule has 2 saturated heterocycles. The Morgan fingerprint density at radius 3 is 2.24 bits per heavy atom. The second kappa shape index (κ2) is 13.0. The van der Waals surface area contributed by atoms with Crippen molar-refractivity contribution in [1.82, 2.24) is 9.80 Å². The van der Waals surface area contributed by atoms with Gasteiger partial charge in [-0.05, 0) is 74.2 Å². The van der Waals surface area contributed by atoms with Crippen LogP contribution < -0.4 is 9.64 Å². The van der Waals surface area contributed by atoms with Crippen molar-refractivity contribution in [2.24, 2.45) is 0 Å². The zero-order valence-corrected chi connectivity index (χ0v) is 20.8. The van der Waals surface area contributed by atoms with Crippen LogP contribution in [0.4, 0.5) is 10.1 Å². The van der Waals surface area contributed by atoms with E-state index in [4.69, 9.17) is 4.74 Å². The van der Waals surface area contributed by atoms with Crippen molar-refractivity contribution >= 4 is 36.4 Å². The molecule has 5 nitrogen and oxygen atoms in total. The Hall–Kier alpha value is -2.02. The molecule has 33 heavy (non-hydrogen) atoms. The molecule has 0 bridgehead atoms. The highest BCUT2D eigenvalue weighted by Crippen LogP contribution is 2.24. The summed E-state index contributed by atoms with van der Waals surface area (Å²) in [7, 11) is 1.64. The quantitative estimate of drug-likeness (QED) is 0.569. The zero-order valence-electron chi connectivity index (χ0n) is 19.1. The lowest BCUT2D eigenvalue weighted by molar-refractivity contribution is 0.0582. The van der Waals surface area contributed by atoms with Crippen LogP contribution in [0.25, 0.3) is 0 Å². The minimum absolute atomic E-state index is 0. The normalized spacial score (nSPS) is 18.8. The van der Waals surface area contributed by atoms with Gasteiger partial charge in [-0.3, -0.25) is 9.69 Å². The van der Waals surface area contributed by atoms with Crippen LogP contribution in [0.5, 0.6) is 5.75 Å². The van der Waals surface area contributed by atoms with Gasteiger partial charge in [-0.2, -0.15) is 0 Å². The predicted octanol–water partition coefficient (Wildman–Crippen LogP) is 4.88. The third kappa shape index (κ3) is 6.98. The number of ether oxygens (including phenoxy) is 1. The SMILES string of the molecule is COc1ccc(C(=O)N2CCCCC2CCN2CCN(c3ccc(F)cc3)CC2)cc1.Cl.Cl. The lowest BCUT2D eigenvalue weighted by atomic mass is 9.97. The number of piperidine rings is 1. The Morgan fingerprint density at radius 1 is 0.939 bits per heavy atom. The number of rotatable bonds is 6. The van der Waals surface area contributed by atoms with Crippen LogP contribution in [0, 0.1) is 5.82 Å². The van der Waals surface area contributed by atoms with Gasteiger partial charge in [-0.25, -0.2) is 4.39 Å². The zero-order chi connectivity index (χ0) is 21.6. The summed E-state index contributed by atoms with van der Waals surface area (Å²) in [5.74, 6) is 0.712. The molecule has 1 amide bonds. The van der Waals surface area contributed by atoms with E-state index in [0.29, 0.717) is 6.04 Å². The Bertz CT molecular complexity index is 859. The van der Waals surface area contributed by atoms with Crippen molar-refractivity contribution in [3.8, 4) is 5.75 Å². The van der Waals surface area contributed by atoms with Crippen molar-refractivity contribution in [2.45, 2.75) is 31.7 Å². The van der Waals surface area contributed by atoms with E-state index >= 15 is 0 Å². The number of hydrogen-bond donors (Lipinski definition) is 0. The van der Waals surface area contributed by atoms with Crippen molar-refractivity contribution in [1.29, 1.82) is 0 Å². The number of amides is 1. The number of halogens is 3.